The van der Waals surface area contributed by atoms with Crippen molar-refractivity contribution in [1.82, 2.24) is 4.90 Å². The molecule has 1 atom stereocenters. The molecule has 1 N–H and O–H groups in total. The number of likely N-dealkylation sites (tertiary alicyclic amines) is 1. The molecule has 22 heavy (non-hydrogen) atoms. The predicted molar refractivity (Wildman–Crippen MR) is 73.1 cm³/mol. The van der Waals surface area contributed by atoms with Crippen LogP contribution in [0.2, 0.25) is 0 Å². The minimum Gasteiger partial charge on any atom is -0.480 e. The average Bonchev–Trinajstić information content (AvgIpc) is 2.82. The normalized spacial score (nSPS) is 33.0. The first-order valence-electron chi connectivity index (χ1n) is 7.75. The molecule has 0 aromatic rings. The lowest BCUT2D eigenvalue weighted by atomic mass is 9.80. The Hall–Kier alpha value is -1.27. The van der Waals surface area contributed by atoms with Gasteiger partial charge in [0.2, 0.25) is 5.91 Å². The molecule has 7 heteroatoms. The number of halogens is 3. The highest BCUT2D eigenvalue weighted by molar-refractivity contribution is 5.87. The number of carboxylic acids is 1. The third-order valence-electron chi connectivity index (χ3n) is 5.18. The molecule has 0 radical (unpaired) electrons. The highest BCUT2D eigenvalue weighted by Gasteiger charge is 2.47. The van der Waals surface area contributed by atoms with Crippen LogP contribution in [0, 0.1) is 11.8 Å². The summed E-state index contributed by atoms with van der Waals surface area (Å²) in [7, 11) is 0. The van der Waals surface area contributed by atoms with Crippen molar-refractivity contribution < 1.29 is 27.9 Å². The molecule has 1 saturated heterocycles. The molecule has 2 aliphatic rings. The van der Waals surface area contributed by atoms with E-state index >= 15 is 0 Å². The van der Waals surface area contributed by atoms with E-state index in [2.05, 4.69) is 0 Å². The molecule has 0 bridgehead atoms. The summed E-state index contributed by atoms with van der Waals surface area (Å²) in [5.74, 6) is -2.57. The van der Waals surface area contributed by atoms with Gasteiger partial charge in [0, 0.05) is 13.0 Å². The fourth-order valence-electron chi connectivity index (χ4n) is 3.64. The van der Waals surface area contributed by atoms with Crippen LogP contribution in [0.4, 0.5) is 13.2 Å². The number of carbonyl (C=O) groups is 2. The quantitative estimate of drug-likeness (QED) is 0.868. The van der Waals surface area contributed by atoms with Crippen LogP contribution in [0.3, 0.4) is 0 Å². The molecule has 1 heterocycles. The van der Waals surface area contributed by atoms with Gasteiger partial charge in [0.15, 0.2) is 0 Å². The van der Waals surface area contributed by atoms with Gasteiger partial charge in [-0.15, -0.1) is 0 Å². The van der Waals surface area contributed by atoms with Gasteiger partial charge in [-0.25, -0.2) is 4.79 Å². The van der Waals surface area contributed by atoms with Crippen LogP contribution in [0.5, 0.6) is 0 Å². The summed E-state index contributed by atoms with van der Waals surface area (Å²) in [6.45, 7) is 1.96. The van der Waals surface area contributed by atoms with E-state index in [1.807, 2.05) is 0 Å². The number of hydrogen-bond donors (Lipinski definition) is 1. The Morgan fingerprint density at radius 2 is 1.82 bits per heavy atom. The van der Waals surface area contributed by atoms with Crippen LogP contribution in [0.25, 0.3) is 0 Å². The summed E-state index contributed by atoms with van der Waals surface area (Å²) in [5, 5.41) is 9.30. The second-order valence-corrected chi connectivity index (χ2v) is 6.69. The second-order valence-electron chi connectivity index (χ2n) is 6.69. The monoisotopic (exact) mass is 321 g/mol. The number of aliphatic carboxylic acids is 1. The van der Waals surface area contributed by atoms with E-state index in [0.717, 1.165) is 0 Å². The first-order valence-corrected chi connectivity index (χ1v) is 7.75. The number of alkyl halides is 3. The second kappa shape index (κ2) is 6.08. The van der Waals surface area contributed by atoms with E-state index in [4.69, 9.17) is 0 Å². The van der Waals surface area contributed by atoms with E-state index in [9.17, 15) is 27.9 Å². The minimum absolute atomic E-state index is 0.0651. The third kappa shape index (κ3) is 3.38. The fraction of sp³-hybridized carbons (Fsp3) is 0.867. The van der Waals surface area contributed by atoms with Crippen molar-refractivity contribution in [2.24, 2.45) is 11.8 Å². The Morgan fingerprint density at radius 1 is 1.23 bits per heavy atom. The lowest BCUT2D eigenvalue weighted by molar-refractivity contribution is -0.184. The molecule has 2 rings (SSSR count). The SMILES string of the molecule is CC1(C(=O)O)CCCN1C(=O)CC1CCC(C(F)(F)F)CC1. The van der Waals surface area contributed by atoms with Crippen molar-refractivity contribution in [3.63, 3.8) is 0 Å². The zero-order valence-electron chi connectivity index (χ0n) is 12.7. The van der Waals surface area contributed by atoms with Gasteiger partial charge >= 0.3 is 12.1 Å². The third-order valence-corrected chi connectivity index (χ3v) is 5.18. The summed E-state index contributed by atoms with van der Waals surface area (Å²) in [5.41, 5.74) is -1.17. The molecule has 4 nitrogen and oxygen atoms in total. The van der Waals surface area contributed by atoms with E-state index in [1.165, 1.54) is 4.90 Å². The lowest BCUT2D eigenvalue weighted by Crippen LogP contribution is -2.51. The van der Waals surface area contributed by atoms with E-state index in [-0.39, 0.29) is 31.1 Å². The summed E-state index contributed by atoms with van der Waals surface area (Å²) in [6, 6.07) is 0. The number of nitrogens with zero attached hydrogens (tertiary/aromatic N) is 1. The van der Waals surface area contributed by atoms with Gasteiger partial charge in [0.1, 0.15) is 5.54 Å². The number of carboxylic acid groups (broad SMARTS) is 1. The maximum atomic E-state index is 12.6. The molecule has 1 aliphatic carbocycles. The van der Waals surface area contributed by atoms with Crippen molar-refractivity contribution in [1.29, 1.82) is 0 Å². The molecule has 0 spiro atoms. The van der Waals surface area contributed by atoms with Crippen molar-refractivity contribution >= 4 is 11.9 Å². The van der Waals surface area contributed by atoms with Gasteiger partial charge in [0.05, 0.1) is 5.92 Å². The predicted octanol–water partition coefficient (Wildman–Crippen LogP) is 3.21. The largest absolute Gasteiger partial charge is 0.480 e. The van der Waals surface area contributed by atoms with Crippen LogP contribution in [-0.2, 0) is 9.59 Å². The molecule has 2 fully saturated rings. The van der Waals surface area contributed by atoms with Gasteiger partial charge in [-0.05, 0) is 51.4 Å². The smallest absolute Gasteiger partial charge is 0.391 e. The van der Waals surface area contributed by atoms with Gasteiger partial charge in [0.25, 0.3) is 0 Å². The molecule has 1 amide bonds. The molecular weight excluding hydrogens is 299 g/mol. The summed E-state index contributed by atoms with van der Waals surface area (Å²) in [4.78, 5) is 25.1. The molecule has 0 aromatic carbocycles. The molecule has 126 valence electrons. The van der Waals surface area contributed by atoms with Crippen LogP contribution >= 0.6 is 0 Å². The molecule has 1 saturated carbocycles. The number of rotatable bonds is 3. The van der Waals surface area contributed by atoms with E-state index < -0.39 is 23.6 Å². The van der Waals surface area contributed by atoms with Gasteiger partial charge in [-0.3, -0.25) is 4.79 Å². The lowest BCUT2D eigenvalue weighted by Gasteiger charge is -2.34. The van der Waals surface area contributed by atoms with Gasteiger partial charge in [-0.2, -0.15) is 13.2 Å². The zero-order valence-corrected chi connectivity index (χ0v) is 12.7. The number of carbonyl (C=O) groups excluding carboxylic acids is 1. The van der Waals surface area contributed by atoms with Crippen molar-refractivity contribution in [2.45, 2.75) is 63.6 Å². The Balaban J connectivity index is 1.90. The molecular formula is C15H22F3NO3. The maximum Gasteiger partial charge on any atom is 0.391 e. The van der Waals surface area contributed by atoms with Crippen LogP contribution < -0.4 is 0 Å². The van der Waals surface area contributed by atoms with Crippen LogP contribution in [0.15, 0.2) is 0 Å². The fourth-order valence-corrected chi connectivity index (χ4v) is 3.64. The number of amides is 1. The van der Waals surface area contributed by atoms with E-state index in [1.54, 1.807) is 6.92 Å². The first-order chi connectivity index (χ1) is 10.1. The maximum absolute atomic E-state index is 12.6. The van der Waals surface area contributed by atoms with E-state index in [0.29, 0.717) is 32.2 Å². The number of hydrogen-bond acceptors (Lipinski definition) is 2. The standard InChI is InChI=1S/C15H22F3NO3/c1-14(13(21)22)7-2-8-19(14)12(20)9-10-3-5-11(6-4-10)15(16,17)18/h10-11H,2-9H2,1H3,(H,21,22). The van der Waals surface area contributed by atoms with Gasteiger partial charge < -0.3 is 10.0 Å². The topological polar surface area (TPSA) is 57.6 Å². The molecule has 1 unspecified atom stereocenters. The van der Waals surface area contributed by atoms with Crippen molar-refractivity contribution in [3.8, 4) is 0 Å². The molecule has 0 aromatic heterocycles. The van der Waals surface area contributed by atoms with Crippen LogP contribution in [0.1, 0.15) is 51.9 Å². The average molecular weight is 321 g/mol. The Labute approximate surface area is 127 Å². The summed E-state index contributed by atoms with van der Waals surface area (Å²) in [6.07, 6.45) is -2.01. The Kier molecular flexibility index (Phi) is 4.73. The minimum atomic E-state index is -4.15. The van der Waals surface area contributed by atoms with Crippen molar-refractivity contribution in [3.05, 3.63) is 0 Å². The highest BCUT2D eigenvalue weighted by Crippen LogP contribution is 2.41. The first kappa shape index (κ1) is 17.1. The zero-order chi connectivity index (χ0) is 16.5. The van der Waals surface area contributed by atoms with Crippen LogP contribution in [-0.4, -0.2) is 40.1 Å². The van der Waals surface area contributed by atoms with Crippen molar-refractivity contribution in [2.75, 3.05) is 6.54 Å². The molecule has 1 aliphatic heterocycles. The Bertz CT molecular complexity index is 444. The Morgan fingerprint density at radius 3 is 2.32 bits per heavy atom. The summed E-state index contributed by atoms with van der Waals surface area (Å²) >= 11 is 0. The highest BCUT2D eigenvalue weighted by atomic mass is 19.4. The summed E-state index contributed by atoms with van der Waals surface area (Å²) < 4.78 is 37.9. The van der Waals surface area contributed by atoms with Gasteiger partial charge in [-0.1, -0.05) is 0 Å².